The quantitative estimate of drug-likeness (QED) is 0.307. The molecule has 0 spiro atoms. The van der Waals surface area contributed by atoms with E-state index in [1.165, 1.54) is 6.07 Å². The summed E-state index contributed by atoms with van der Waals surface area (Å²) in [7, 11) is 0. The van der Waals surface area contributed by atoms with E-state index in [1.54, 1.807) is 19.3 Å². The predicted octanol–water partition coefficient (Wildman–Crippen LogP) is 3.01. The maximum Gasteiger partial charge on any atom is 0.204 e. The number of fused-ring (bicyclic) bond motifs is 1. The van der Waals surface area contributed by atoms with Gasteiger partial charge in [0.2, 0.25) is 5.78 Å². The number of aromatic nitrogens is 2. The first-order chi connectivity index (χ1) is 13.8. The van der Waals surface area contributed by atoms with E-state index < -0.39 is 5.78 Å². The van der Waals surface area contributed by atoms with E-state index in [-0.39, 0.29) is 26.2 Å². The number of hydrogen-bond donors (Lipinski definition) is 4. The third-order valence-electron chi connectivity index (χ3n) is 4.07. The highest BCUT2D eigenvalue weighted by molar-refractivity contribution is 8.07. The van der Waals surface area contributed by atoms with Crippen LogP contribution in [0, 0.1) is 0 Å². The molecule has 0 fully saturated rings. The van der Waals surface area contributed by atoms with Gasteiger partial charge in [-0.1, -0.05) is 53.7 Å². The van der Waals surface area contributed by atoms with Crippen molar-refractivity contribution in [2.24, 2.45) is 5.73 Å². The molecule has 1 aromatic heterocycles. The minimum absolute atomic E-state index is 0.0996. The van der Waals surface area contributed by atoms with Gasteiger partial charge < -0.3 is 21.8 Å². The summed E-state index contributed by atoms with van der Waals surface area (Å²) in [5, 5.41) is 5.78. The van der Waals surface area contributed by atoms with E-state index in [4.69, 9.17) is 34.7 Å². The lowest BCUT2D eigenvalue weighted by molar-refractivity contribution is 0.104. The summed E-state index contributed by atoms with van der Waals surface area (Å²) in [6, 6.07) is 3.07. The number of nitrogens with one attached hydrogen (secondary N) is 2. The molecule has 0 unspecified atom stereocenters. The van der Waals surface area contributed by atoms with Crippen LogP contribution >= 0.6 is 35.0 Å². The lowest BCUT2D eigenvalue weighted by Crippen LogP contribution is -2.24. The van der Waals surface area contributed by atoms with Gasteiger partial charge >= 0.3 is 0 Å². The van der Waals surface area contributed by atoms with E-state index in [2.05, 4.69) is 21.9 Å². The summed E-state index contributed by atoms with van der Waals surface area (Å²) in [4.78, 5) is 20.7. The highest BCUT2D eigenvalue weighted by atomic mass is 35.5. The Morgan fingerprint density at radius 2 is 2.10 bits per heavy atom. The van der Waals surface area contributed by atoms with E-state index in [1.807, 2.05) is 18.2 Å². The molecule has 0 saturated carbocycles. The molecule has 2 aromatic rings. The molecule has 9 heteroatoms. The Bertz CT molecular complexity index is 1180. The molecule has 1 aliphatic carbocycles. The zero-order chi connectivity index (χ0) is 21.1. The third kappa shape index (κ3) is 4.70. The van der Waals surface area contributed by atoms with Gasteiger partial charge in [0.15, 0.2) is 0 Å². The highest BCUT2D eigenvalue weighted by Crippen LogP contribution is 2.36. The van der Waals surface area contributed by atoms with Gasteiger partial charge in [0.25, 0.3) is 0 Å². The second-order valence-electron chi connectivity index (χ2n) is 6.26. The molecule has 0 radical (unpaired) electrons. The van der Waals surface area contributed by atoms with E-state index in [9.17, 15) is 4.79 Å². The molecule has 0 amide bonds. The molecule has 0 aliphatic heterocycles. The minimum Gasteiger partial charge on any atom is -0.401 e. The van der Waals surface area contributed by atoms with Gasteiger partial charge in [-0.25, -0.2) is 4.98 Å². The molecule has 1 aliphatic rings. The fourth-order valence-corrected chi connectivity index (χ4v) is 4.01. The van der Waals surface area contributed by atoms with Crippen molar-refractivity contribution in [2.45, 2.75) is 13.3 Å². The van der Waals surface area contributed by atoms with Crippen LogP contribution in [0.2, 0.25) is 10.0 Å². The van der Waals surface area contributed by atoms with Gasteiger partial charge in [0, 0.05) is 11.4 Å². The number of nitrogens with zero attached hydrogens (tertiary/aromatic N) is 1. The number of benzene rings is 1. The van der Waals surface area contributed by atoms with Crippen LogP contribution in [-0.2, 0) is 0 Å². The number of rotatable bonds is 6. The van der Waals surface area contributed by atoms with Gasteiger partial charge in [-0.15, -0.1) is 0 Å². The van der Waals surface area contributed by atoms with Crippen LogP contribution in [0.4, 0.5) is 5.69 Å². The number of anilines is 1. The van der Waals surface area contributed by atoms with Crippen LogP contribution < -0.4 is 27.5 Å². The summed E-state index contributed by atoms with van der Waals surface area (Å²) in [6.07, 6.45) is 8.27. The smallest absolute Gasteiger partial charge is 0.204 e. The molecule has 150 valence electrons. The molecule has 0 saturated heterocycles. The summed E-state index contributed by atoms with van der Waals surface area (Å²) in [5.74, 6) is -0.414. The van der Waals surface area contributed by atoms with Crippen molar-refractivity contribution in [3.05, 3.63) is 78.8 Å². The number of imidazole rings is 1. The molecular weight excluding hydrogens is 429 g/mol. The number of H-pyrrole nitrogens is 1. The molecule has 0 atom stereocenters. The Labute approximate surface area is 182 Å². The summed E-state index contributed by atoms with van der Waals surface area (Å²) >= 11 is 13.5. The van der Waals surface area contributed by atoms with Crippen molar-refractivity contribution in [3.63, 3.8) is 0 Å². The van der Waals surface area contributed by atoms with Crippen LogP contribution in [0.3, 0.4) is 0 Å². The Morgan fingerprint density at radius 1 is 1.34 bits per heavy atom. The van der Waals surface area contributed by atoms with Crippen molar-refractivity contribution in [2.75, 3.05) is 5.73 Å². The highest BCUT2D eigenvalue weighted by Gasteiger charge is 2.23. The summed E-state index contributed by atoms with van der Waals surface area (Å²) < 4.78 is 0. The minimum atomic E-state index is -0.414. The van der Waals surface area contributed by atoms with Crippen LogP contribution in [0.15, 0.2) is 52.4 Å². The Kier molecular flexibility index (Phi) is 6.42. The predicted molar refractivity (Wildman–Crippen MR) is 121 cm³/mol. The number of allylic oxidation sites excluding steroid dienone is 4. The van der Waals surface area contributed by atoms with Crippen molar-refractivity contribution < 1.29 is 4.79 Å². The number of carbonyl (C=O) groups is 1. The van der Waals surface area contributed by atoms with Crippen molar-refractivity contribution in [3.8, 4) is 0 Å². The van der Waals surface area contributed by atoms with Crippen LogP contribution in [0.1, 0.15) is 23.7 Å². The van der Waals surface area contributed by atoms with Crippen molar-refractivity contribution in [1.29, 1.82) is 0 Å². The average molecular weight is 448 g/mol. The number of nitrogen functional groups attached to an aromatic ring is 1. The first kappa shape index (κ1) is 21.1. The van der Waals surface area contributed by atoms with E-state index >= 15 is 0 Å². The van der Waals surface area contributed by atoms with Gasteiger partial charge in [-0.3, -0.25) is 4.79 Å². The van der Waals surface area contributed by atoms with E-state index in [0.29, 0.717) is 17.1 Å². The number of nitrogens with two attached hydrogens (primary N) is 2. The molecule has 3 rings (SSSR count). The number of aromatic amines is 1. The molecule has 1 aromatic carbocycles. The largest absolute Gasteiger partial charge is 0.401 e. The molecule has 6 N–H and O–H groups in total. The van der Waals surface area contributed by atoms with Crippen LogP contribution in [-0.4, -0.2) is 15.8 Å². The fraction of sp³-hybridized carbons (Fsp3) is 0.100. The maximum absolute atomic E-state index is 13.1. The number of halogens is 2. The number of carbonyl (C=O) groups excluding carboxylic acids is 1. The summed E-state index contributed by atoms with van der Waals surface area (Å²) in [6.45, 7) is 5.64. The second kappa shape index (κ2) is 8.82. The Balaban J connectivity index is 1.83. The second-order valence-corrected chi connectivity index (χ2v) is 8.15. The van der Waals surface area contributed by atoms with Gasteiger partial charge in [-0.05, 0) is 31.6 Å². The zero-order valence-corrected chi connectivity index (χ0v) is 17.9. The number of thioether (sulfide) groups is 1. The molecule has 6 nitrogen and oxygen atoms in total. The monoisotopic (exact) mass is 447 g/mol. The van der Waals surface area contributed by atoms with Gasteiger partial charge in [-0.2, -0.15) is 0 Å². The van der Waals surface area contributed by atoms with Crippen molar-refractivity contribution in [1.82, 2.24) is 15.3 Å². The molecule has 1 heterocycles. The molecule has 0 bridgehead atoms. The average Bonchev–Trinajstić information content (AvgIpc) is 3.01. The topological polar surface area (TPSA) is 110 Å². The van der Waals surface area contributed by atoms with Gasteiger partial charge in [0.1, 0.15) is 0 Å². The lowest BCUT2D eigenvalue weighted by Gasteiger charge is -2.15. The zero-order valence-electron chi connectivity index (χ0n) is 15.6. The SMILES string of the molecule is C=C(NC1=CCC=c2nc[nH]c2=C1)S/C(C(=O)c1c(Cl)ccc(N)c1Cl)=C(\C)N. The van der Waals surface area contributed by atoms with Gasteiger partial charge in [0.05, 0.1) is 48.3 Å². The number of ketones is 1. The molecule has 29 heavy (non-hydrogen) atoms. The standard InChI is InChI=1S/C20H19Cl2N5OS/c1-10(23)20(19(28)17-13(21)6-7-14(24)18(17)22)29-11(2)27-12-4-3-5-15-16(8-12)26-9-25-15/h4-9,27H,2-3,23-24H2,1H3,(H,25,26)/b20-10+. The number of hydrogen-bond acceptors (Lipinski definition) is 6. The first-order valence-corrected chi connectivity index (χ1v) is 10.1. The number of Topliss-reactive ketones (excluding diaryl/α,β-unsaturated/α-hetero) is 1. The lowest BCUT2D eigenvalue weighted by atomic mass is 10.1. The third-order valence-corrected chi connectivity index (χ3v) is 5.85. The summed E-state index contributed by atoms with van der Waals surface area (Å²) in [5.41, 5.74) is 13.3. The normalized spacial score (nSPS) is 13.8. The maximum atomic E-state index is 13.1. The molecular formula is C20H19Cl2N5OS. The Morgan fingerprint density at radius 3 is 2.83 bits per heavy atom. The van der Waals surface area contributed by atoms with Crippen molar-refractivity contribution >= 4 is 58.6 Å². The van der Waals surface area contributed by atoms with Crippen LogP contribution in [0.5, 0.6) is 0 Å². The first-order valence-electron chi connectivity index (χ1n) is 8.57. The fourth-order valence-electron chi connectivity index (χ4n) is 2.70. The van der Waals surface area contributed by atoms with E-state index in [0.717, 1.165) is 28.2 Å². The Hall–Kier alpha value is -2.61. The van der Waals surface area contributed by atoms with Crippen LogP contribution in [0.25, 0.3) is 12.2 Å².